The van der Waals surface area contributed by atoms with E-state index in [2.05, 4.69) is 0 Å². The molecule has 0 unspecified atom stereocenters. The van der Waals surface area contributed by atoms with Crippen molar-refractivity contribution >= 4 is 17.2 Å². The highest BCUT2D eigenvalue weighted by Crippen LogP contribution is 2.35. The van der Waals surface area contributed by atoms with Crippen molar-refractivity contribution in [1.29, 1.82) is 0 Å². The number of nitrogens with zero attached hydrogens (tertiary/aromatic N) is 1. The van der Waals surface area contributed by atoms with Crippen LogP contribution in [0.3, 0.4) is 0 Å². The summed E-state index contributed by atoms with van der Waals surface area (Å²) in [7, 11) is 0. The molecule has 2 N–H and O–H groups in total. The second kappa shape index (κ2) is 4.21. The Morgan fingerprint density at radius 2 is 2.06 bits per heavy atom. The number of nitrogen functional groups attached to an aromatic ring is 1. The summed E-state index contributed by atoms with van der Waals surface area (Å²) in [6.07, 6.45) is -3.01. The lowest BCUT2D eigenvalue weighted by Gasteiger charge is -2.07. The van der Waals surface area contributed by atoms with Crippen LogP contribution in [-0.4, -0.2) is 10.7 Å². The number of Topliss-reactive ketones (excluding diaryl/α,β-unsaturated/α-hetero) is 1. The average Bonchev–Trinajstić information content (AvgIpc) is 2.15. The second-order valence-electron chi connectivity index (χ2n) is 3.08. The van der Waals surface area contributed by atoms with Gasteiger partial charge in [-0.15, -0.1) is 0 Å². The van der Waals surface area contributed by atoms with Crippen molar-refractivity contribution in [3.63, 3.8) is 0 Å². The number of carbonyl (C=O) groups is 1. The van der Waals surface area contributed by atoms with Gasteiger partial charge in [-0.1, -0.05) is 0 Å². The highest BCUT2D eigenvalue weighted by Gasteiger charge is 2.27. The Kier molecular flexibility index (Phi) is 3.17. The quantitative estimate of drug-likeness (QED) is 0.373. The Morgan fingerprint density at radius 3 is 2.44 bits per heavy atom. The van der Waals surface area contributed by atoms with Crippen LogP contribution in [-0.2, 0) is 0 Å². The molecule has 16 heavy (non-hydrogen) atoms. The minimum Gasteiger partial charge on any atom is -0.393 e. The van der Waals surface area contributed by atoms with Crippen LogP contribution in [0.1, 0.15) is 29.3 Å². The lowest BCUT2D eigenvalue weighted by atomic mass is 10.0. The predicted molar refractivity (Wildman–Crippen MR) is 52.5 cm³/mol. The lowest BCUT2D eigenvalue weighted by Crippen LogP contribution is -2.06. The van der Waals surface area contributed by atoms with E-state index in [9.17, 15) is 23.7 Å². The molecule has 0 heterocycles. The monoisotopic (exact) mass is 230 g/mol. The summed E-state index contributed by atoms with van der Waals surface area (Å²) < 4.78 is 24.9. The zero-order valence-electron chi connectivity index (χ0n) is 8.24. The minimum atomic E-state index is -3.01. The molecule has 0 atom stereocenters. The topological polar surface area (TPSA) is 86.2 Å². The van der Waals surface area contributed by atoms with Crippen LogP contribution in [0, 0.1) is 10.1 Å². The summed E-state index contributed by atoms with van der Waals surface area (Å²) in [6.45, 7) is 1.15. The number of nitrogens with two attached hydrogens (primary N) is 1. The fourth-order valence-corrected chi connectivity index (χ4v) is 1.31. The molecule has 0 radical (unpaired) electrons. The van der Waals surface area contributed by atoms with Crippen molar-refractivity contribution in [3.05, 3.63) is 33.4 Å². The van der Waals surface area contributed by atoms with Gasteiger partial charge in [0, 0.05) is 5.56 Å². The van der Waals surface area contributed by atoms with E-state index in [4.69, 9.17) is 5.73 Å². The molecule has 0 saturated heterocycles. The Bertz CT molecular complexity index is 460. The van der Waals surface area contributed by atoms with E-state index < -0.39 is 34.1 Å². The Labute approximate surface area is 89.0 Å². The number of hydrogen-bond acceptors (Lipinski definition) is 4. The molecular formula is C9H8F2N2O3. The van der Waals surface area contributed by atoms with Gasteiger partial charge >= 0.3 is 5.69 Å². The van der Waals surface area contributed by atoms with Crippen LogP contribution in [0.15, 0.2) is 12.1 Å². The number of nitro benzene ring substituents is 1. The molecule has 1 aromatic rings. The second-order valence-corrected chi connectivity index (χ2v) is 3.08. The summed E-state index contributed by atoms with van der Waals surface area (Å²) in [4.78, 5) is 20.6. The number of ketones is 1. The van der Waals surface area contributed by atoms with E-state index in [-0.39, 0.29) is 5.56 Å². The fourth-order valence-electron chi connectivity index (χ4n) is 1.31. The zero-order chi connectivity index (χ0) is 12.5. The summed E-state index contributed by atoms with van der Waals surface area (Å²) in [5.41, 5.74) is 3.00. The van der Waals surface area contributed by atoms with E-state index >= 15 is 0 Å². The highest BCUT2D eigenvalue weighted by atomic mass is 19.3. The van der Waals surface area contributed by atoms with Crippen LogP contribution in [0.2, 0.25) is 0 Å². The van der Waals surface area contributed by atoms with Crippen molar-refractivity contribution in [2.45, 2.75) is 13.3 Å². The van der Waals surface area contributed by atoms with Gasteiger partial charge in [-0.25, -0.2) is 8.78 Å². The van der Waals surface area contributed by atoms with Gasteiger partial charge in [0.2, 0.25) is 0 Å². The summed E-state index contributed by atoms with van der Waals surface area (Å²) >= 11 is 0. The van der Waals surface area contributed by atoms with Crippen molar-refractivity contribution in [2.24, 2.45) is 0 Å². The molecule has 0 aliphatic carbocycles. The number of anilines is 1. The third kappa shape index (κ3) is 1.97. The lowest BCUT2D eigenvalue weighted by molar-refractivity contribution is -0.385. The molecule has 86 valence electrons. The third-order valence-corrected chi connectivity index (χ3v) is 2.05. The number of halogens is 2. The third-order valence-electron chi connectivity index (χ3n) is 2.05. The van der Waals surface area contributed by atoms with Crippen LogP contribution >= 0.6 is 0 Å². The van der Waals surface area contributed by atoms with Gasteiger partial charge < -0.3 is 5.73 Å². The molecular weight excluding hydrogens is 222 g/mol. The smallest absolute Gasteiger partial charge is 0.301 e. The Balaban J connectivity index is 3.54. The number of hydrogen-bond donors (Lipinski definition) is 1. The zero-order valence-corrected chi connectivity index (χ0v) is 8.24. The Hall–Kier alpha value is -2.05. The van der Waals surface area contributed by atoms with Crippen molar-refractivity contribution in [1.82, 2.24) is 0 Å². The number of nitro groups is 1. The maximum absolute atomic E-state index is 12.5. The maximum atomic E-state index is 12.5. The van der Waals surface area contributed by atoms with Crippen LogP contribution in [0.25, 0.3) is 0 Å². The average molecular weight is 230 g/mol. The van der Waals surface area contributed by atoms with Crippen molar-refractivity contribution in [2.75, 3.05) is 5.73 Å². The van der Waals surface area contributed by atoms with E-state index in [1.807, 2.05) is 0 Å². The maximum Gasteiger partial charge on any atom is 0.301 e. The standard InChI is InChI=1S/C9H8F2N2O3/c1-4(14)5-2-3-6(9(10)11)8(7(5)12)13(15)16/h2-3,9H,12H2,1H3. The predicted octanol–water partition coefficient (Wildman–Crippen LogP) is 2.32. The SMILES string of the molecule is CC(=O)c1ccc(C(F)F)c([N+](=O)[O-])c1N. The number of alkyl halides is 2. The normalized spacial score (nSPS) is 10.5. The fraction of sp³-hybridized carbons (Fsp3) is 0.222. The van der Waals surface area contributed by atoms with Gasteiger partial charge in [-0.3, -0.25) is 14.9 Å². The molecule has 5 nitrogen and oxygen atoms in total. The summed E-state index contributed by atoms with van der Waals surface area (Å²) in [6, 6.07) is 1.90. The first-order valence-corrected chi connectivity index (χ1v) is 4.22. The summed E-state index contributed by atoms with van der Waals surface area (Å²) in [5, 5.41) is 10.6. The van der Waals surface area contributed by atoms with Crippen LogP contribution in [0.5, 0.6) is 0 Å². The van der Waals surface area contributed by atoms with Crippen LogP contribution in [0.4, 0.5) is 20.2 Å². The van der Waals surface area contributed by atoms with Gasteiger partial charge in [0.1, 0.15) is 5.69 Å². The minimum absolute atomic E-state index is 0.129. The van der Waals surface area contributed by atoms with Gasteiger partial charge in [0.15, 0.2) is 5.78 Å². The largest absolute Gasteiger partial charge is 0.393 e. The van der Waals surface area contributed by atoms with Crippen molar-refractivity contribution < 1.29 is 18.5 Å². The molecule has 0 saturated carbocycles. The first-order valence-electron chi connectivity index (χ1n) is 4.22. The van der Waals surface area contributed by atoms with Crippen LogP contribution < -0.4 is 5.73 Å². The molecule has 7 heteroatoms. The van der Waals surface area contributed by atoms with E-state index in [0.29, 0.717) is 0 Å². The molecule has 0 aliphatic rings. The van der Waals surface area contributed by atoms with Crippen molar-refractivity contribution in [3.8, 4) is 0 Å². The molecule has 1 aromatic carbocycles. The summed E-state index contributed by atoms with van der Waals surface area (Å²) in [5.74, 6) is -0.513. The molecule has 0 aliphatic heterocycles. The molecule has 1 rings (SSSR count). The number of carbonyl (C=O) groups excluding carboxylic acids is 1. The molecule has 0 bridgehead atoms. The van der Waals surface area contributed by atoms with E-state index in [1.165, 1.54) is 0 Å². The Morgan fingerprint density at radius 1 is 1.50 bits per heavy atom. The highest BCUT2D eigenvalue weighted by molar-refractivity contribution is 6.01. The van der Waals surface area contributed by atoms with Gasteiger partial charge in [-0.05, 0) is 19.1 Å². The number of rotatable bonds is 3. The van der Waals surface area contributed by atoms with E-state index in [0.717, 1.165) is 19.1 Å². The molecule has 0 fully saturated rings. The first kappa shape index (κ1) is 12.0. The molecule has 0 amide bonds. The van der Waals surface area contributed by atoms with Gasteiger partial charge in [0.05, 0.1) is 10.5 Å². The van der Waals surface area contributed by atoms with Gasteiger partial charge in [0.25, 0.3) is 6.43 Å². The first-order chi connectivity index (χ1) is 7.36. The molecule has 0 aromatic heterocycles. The van der Waals surface area contributed by atoms with Gasteiger partial charge in [-0.2, -0.15) is 0 Å². The molecule has 0 spiro atoms. The van der Waals surface area contributed by atoms with E-state index in [1.54, 1.807) is 0 Å². The number of benzene rings is 1.